The van der Waals surface area contributed by atoms with Gasteiger partial charge in [-0.3, -0.25) is 31.7 Å². The van der Waals surface area contributed by atoms with Crippen LogP contribution in [0.1, 0.15) is 80.1 Å². The Morgan fingerprint density at radius 1 is 0.692 bits per heavy atom. The van der Waals surface area contributed by atoms with Crippen LogP contribution in [-0.2, 0) is 51.0 Å². The highest BCUT2D eigenvalue weighted by molar-refractivity contribution is 7.47. The Balaban J connectivity index is -0.0000000553. The number of hydrogen-bond donors (Lipinski definition) is 2. The molecule has 27 heteroatoms. The van der Waals surface area contributed by atoms with Gasteiger partial charge in [-0.1, -0.05) is 58.1 Å². The van der Waals surface area contributed by atoms with Crippen molar-refractivity contribution in [3.63, 3.8) is 0 Å². The van der Waals surface area contributed by atoms with Gasteiger partial charge in [0.1, 0.15) is 46.2 Å². The second-order valence-electron chi connectivity index (χ2n) is 13.6. The molecule has 0 bridgehead atoms. The molecule has 0 saturated heterocycles. The van der Waals surface area contributed by atoms with Crippen molar-refractivity contribution in [2.24, 2.45) is 5.41 Å². The normalized spacial score (nSPS) is 12.5. The Morgan fingerprint density at radius 2 is 0.985 bits per heavy atom. The molecule has 3 unspecified atom stereocenters. The number of ether oxygens (including phenoxy) is 3. The Morgan fingerprint density at radius 3 is 1.23 bits per heavy atom. The fourth-order valence-electron chi connectivity index (χ4n) is 2.23. The van der Waals surface area contributed by atoms with Crippen LogP contribution in [0.25, 0.3) is 0 Å². The van der Waals surface area contributed by atoms with Crippen LogP contribution >= 0.6 is 15.6 Å². The summed E-state index contributed by atoms with van der Waals surface area (Å²) in [6.45, 7) is 3.96. The van der Waals surface area contributed by atoms with Gasteiger partial charge in [0, 0.05) is 7.00 Å². The second-order valence-corrected chi connectivity index (χ2v) is 16.6. The van der Waals surface area contributed by atoms with Gasteiger partial charge in [0.05, 0.1) is 81.4 Å². The largest absolute Gasteiger partial charge is 0.472 e. The van der Waals surface area contributed by atoms with Crippen LogP contribution in [0.3, 0.4) is 0 Å². The van der Waals surface area contributed by atoms with E-state index in [1.807, 2.05) is 42.3 Å². The van der Waals surface area contributed by atoms with Crippen molar-refractivity contribution in [2.45, 2.75) is 91.2 Å². The first-order chi connectivity index (χ1) is 26.7. The number of carbonyl (C=O) groups excluding carboxylic acids is 2. The molecule has 0 amide bonds. The Labute approximate surface area is 387 Å². The van der Waals surface area contributed by atoms with Crippen molar-refractivity contribution in [2.75, 3.05) is 136 Å². The highest BCUT2D eigenvalue weighted by Gasteiger charge is 2.32. The predicted molar refractivity (Wildman–Crippen MR) is 242 cm³/mol. The third-order valence-electron chi connectivity index (χ3n) is 5.16. The molecule has 15 nitrogen and oxygen atoms in total. The summed E-state index contributed by atoms with van der Waals surface area (Å²) in [4.78, 5) is 41.6. The zero-order valence-corrected chi connectivity index (χ0v) is 37.4. The molecule has 0 fully saturated rings. The van der Waals surface area contributed by atoms with Gasteiger partial charge in [0.25, 0.3) is 0 Å². The number of hydrogen-bond acceptors (Lipinski definition) is 11. The minimum absolute atomic E-state index is 0. The van der Waals surface area contributed by atoms with Crippen LogP contribution in [0.4, 0.5) is 43.9 Å². The van der Waals surface area contributed by atoms with Crippen molar-refractivity contribution < 1.29 is 115 Å². The lowest BCUT2D eigenvalue weighted by Gasteiger charge is -2.24. The quantitative estimate of drug-likeness (QED) is 0.0247. The number of carbonyl (C=O) groups is 2. The van der Waals surface area contributed by atoms with E-state index >= 15 is 0 Å². The fraction of sp³-hybridized carbons (Fsp3) is 0.895. The Bertz CT molecular complexity index is 1160. The molecule has 0 radical (unpaired) electrons. The highest BCUT2D eigenvalue weighted by atomic mass is 31.2. The summed E-state index contributed by atoms with van der Waals surface area (Å²) in [5, 5.41) is 0. The highest BCUT2D eigenvalue weighted by Crippen LogP contribution is 2.43. The number of likely N-dealkylation sites (N-methyl/N-ethyl adjacent to an activating group) is 2. The van der Waals surface area contributed by atoms with Gasteiger partial charge in [-0.25, -0.2) is 35.9 Å². The number of halogens is 10. The molecule has 0 aromatic heterocycles. The number of rotatable bonds is 23. The maximum Gasteiger partial charge on any atom is 0.472 e. The van der Waals surface area contributed by atoms with Crippen LogP contribution in [0, 0.1) is 5.41 Å². The molecule has 0 rings (SSSR count). The van der Waals surface area contributed by atoms with Crippen molar-refractivity contribution in [3.8, 4) is 0 Å². The summed E-state index contributed by atoms with van der Waals surface area (Å²) in [7, 11) is 3.69. The van der Waals surface area contributed by atoms with Crippen molar-refractivity contribution in [1.29, 1.82) is 0 Å². The van der Waals surface area contributed by atoms with Gasteiger partial charge < -0.3 is 33.0 Å². The molecule has 0 aromatic carbocycles. The van der Waals surface area contributed by atoms with Crippen molar-refractivity contribution >= 4 is 27.6 Å². The van der Waals surface area contributed by atoms with Gasteiger partial charge >= 0.3 is 33.8 Å². The van der Waals surface area contributed by atoms with Crippen molar-refractivity contribution in [3.05, 3.63) is 12.2 Å². The van der Waals surface area contributed by atoms with E-state index in [1.54, 1.807) is 6.92 Å². The van der Waals surface area contributed by atoms with Crippen molar-refractivity contribution in [1.82, 2.24) is 0 Å². The predicted octanol–water partition coefficient (Wildman–Crippen LogP) is 11.0. The zero-order chi connectivity index (χ0) is 48.2. The fourth-order valence-corrected chi connectivity index (χ4v) is 3.61. The lowest BCUT2D eigenvalue weighted by molar-refractivity contribution is -0.870. The first kappa shape index (κ1) is 93.2. The molecular formula is C38H92F10N2O13P2+2. The number of esters is 2. The van der Waals surface area contributed by atoms with E-state index in [9.17, 15) is 72.4 Å². The van der Waals surface area contributed by atoms with Gasteiger partial charge in [-0.2, -0.15) is 13.2 Å². The maximum atomic E-state index is 12.7. The van der Waals surface area contributed by atoms with E-state index < -0.39 is 65.8 Å². The summed E-state index contributed by atoms with van der Waals surface area (Å²) in [6.07, 6.45) is -6.07. The van der Waals surface area contributed by atoms with E-state index in [4.69, 9.17) is 18.5 Å². The molecule has 0 aromatic rings. The van der Waals surface area contributed by atoms with E-state index in [0.29, 0.717) is 35.7 Å². The molecule has 2 N–H and O–H groups in total. The minimum atomic E-state index is -4.62. The lowest BCUT2D eigenvalue weighted by atomic mass is 9.95. The SMILES string of the molecule is C.C.C.C.C.C.C=C(C)C(=O)OCCOP(=O)(O)OCC[N+](C)(C)C.CC(C)(COC(F)CF)C(=O)OCCOP(=O)(O)OCC[N+](C)(C)C.CCCF.CF.FCC(F)(F)F.FCF.[2HH]. The number of quaternary nitrogens is 2. The van der Waals surface area contributed by atoms with Crippen LogP contribution in [0.15, 0.2) is 12.2 Å². The number of nitrogens with zero attached hydrogens (tertiary/aromatic N) is 2. The molecule has 3 atom stereocenters. The smallest absolute Gasteiger partial charge is 0.463 e. The average molecular weight is 1040 g/mol. The zero-order valence-electron chi connectivity index (χ0n) is 35.6. The van der Waals surface area contributed by atoms with Gasteiger partial charge in [-0.15, -0.1) is 0 Å². The molecule has 410 valence electrons. The molecular weight excluding hydrogens is 944 g/mol. The van der Waals surface area contributed by atoms with Crippen LogP contribution in [-0.4, -0.2) is 179 Å². The molecule has 0 spiro atoms. The van der Waals surface area contributed by atoms with E-state index in [-0.39, 0.29) is 104 Å². The summed E-state index contributed by atoms with van der Waals surface area (Å²) >= 11 is 0. The number of alkyl halides is 10. The van der Waals surface area contributed by atoms with Gasteiger partial charge in [0.15, 0.2) is 6.67 Å². The molecule has 0 aliphatic rings. The number of phosphoric acid groups is 2. The third kappa shape index (κ3) is 82.6. The maximum absolute atomic E-state index is 12.7. The average Bonchev–Trinajstić information content (AvgIpc) is 3.10. The monoisotopic (exact) mass is 1040 g/mol. The summed E-state index contributed by atoms with van der Waals surface area (Å²) < 4.78 is 163. The van der Waals surface area contributed by atoms with Crippen LogP contribution < -0.4 is 0 Å². The Hall–Kier alpha value is -1.92. The molecule has 0 aliphatic carbocycles. The second kappa shape index (κ2) is 51.5. The summed E-state index contributed by atoms with van der Waals surface area (Å²) in [5.74, 6) is -1.30. The molecule has 0 saturated carbocycles. The van der Waals surface area contributed by atoms with Crippen LogP contribution in [0.2, 0.25) is 0 Å². The molecule has 65 heavy (non-hydrogen) atoms. The standard InChI is InChI=1S/C14H28F2NO7P.C11H22NO6P.C3H7F.C2H2F4.CH2F2.CH3F.6CH4.H2/c1-14(2,11-22-12(16)10-15)13(18)21-8-9-24-25(19,20)23-7-6-17(3,4)5;1-10(2)11(13)16-8-9-18-19(14,15)17-7-6-12(3,4)5;1-2-3-4;3-1-2(4,5)6;2-1-3;1-2;;;;;;;/h12H,6-11H2,1-5H3;1,6-9H2,2-5H3;2-3H2,1H3;1H2;1H2;1H3;6*1H4;1H/p+2/i;;;;;;;;;;;;1+1. The first-order valence-corrected chi connectivity index (χ1v) is 20.1. The number of phosphoric ester groups is 2. The van der Waals surface area contributed by atoms with Gasteiger partial charge in [-0.05, 0) is 27.2 Å². The summed E-state index contributed by atoms with van der Waals surface area (Å²) in [6, 6.07) is 0. The minimum Gasteiger partial charge on any atom is -0.463 e. The molecule has 0 heterocycles. The molecule has 0 aliphatic heterocycles. The van der Waals surface area contributed by atoms with E-state index in [1.165, 1.54) is 20.8 Å². The summed E-state index contributed by atoms with van der Waals surface area (Å²) in [5.41, 5.74) is -0.949. The van der Waals surface area contributed by atoms with E-state index in [2.05, 4.69) is 20.4 Å². The van der Waals surface area contributed by atoms with Crippen LogP contribution in [0.5, 0.6) is 0 Å². The third-order valence-corrected chi connectivity index (χ3v) is 7.20. The topological polar surface area (TPSA) is 173 Å². The van der Waals surface area contributed by atoms with E-state index in [0.717, 1.165) is 0 Å². The first-order valence-electron chi connectivity index (χ1n) is 17.1. The lowest BCUT2D eigenvalue weighted by Crippen LogP contribution is -2.37. The van der Waals surface area contributed by atoms with Gasteiger partial charge in [0.2, 0.25) is 13.3 Å². The Kier molecular flexibility index (Phi) is 73.8.